The second kappa shape index (κ2) is 4.33. The van der Waals surface area contributed by atoms with Crippen LogP contribution in [0.4, 0.5) is 18.9 Å². The maximum atomic E-state index is 13.3. The molecular weight excluding hydrogens is 245 g/mol. The standard InChI is InChI=1S/C12H9F3N2O/c13-7-4-9(15)10(5-8(7)14)17-11(18)12(6-16)2-1-3-12/h4-5H,1-3H2,(H,17,18). The molecule has 6 heteroatoms. The van der Waals surface area contributed by atoms with Crippen molar-refractivity contribution >= 4 is 11.6 Å². The lowest BCUT2D eigenvalue weighted by molar-refractivity contribution is -0.126. The van der Waals surface area contributed by atoms with Gasteiger partial charge in [-0.1, -0.05) is 0 Å². The first-order chi connectivity index (χ1) is 8.48. The number of hydrogen-bond acceptors (Lipinski definition) is 2. The number of nitriles is 1. The average Bonchev–Trinajstić information content (AvgIpc) is 2.25. The van der Waals surface area contributed by atoms with Crippen LogP contribution in [0.25, 0.3) is 0 Å². The molecule has 1 fully saturated rings. The van der Waals surface area contributed by atoms with Crippen LogP contribution >= 0.6 is 0 Å². The maximum absolute atomic E-state index is 13.3. The third kappa shape index (κ3) is 1.92. The predicted molar refractivity (Wildman–Crippen MR) is 56.8 cm³/mol. The summed E-state index contributed by atoms with van der Waals surface area (Å²) in [5.74, 6) is -4.34. The van der Waals surface area contributed by atoms with E-state index in [4.69, 9.17) is 5.26 Å². The van der Waals surface area contributed by atoms with E-state index in [1.54, 1.807) is 0 Å². The van der Waals surface area contributed by atoms with E-state index in [9.17, 15) is 18.0 Å². The van der Waals surface area contributed by atoms with Crippen LogP contribution in [0.5, 0.6) is 0 Å². The minimum absolute atomic E-state index is 0.352. The van der Waals surface area contributed by atoms with E-state index >= 15 is 0 Å². The number of nitrogens with one attached hydrogen (secondary N) is 1. The second-order valence-corrected chi connectivity index (χ2v) is 4.25. The van der Waals surface area contributed by atoms with Crippen LogP contribution in [-0.2, 0) is 4.79 Å². The van der Waals surface area contributed by atoms with Crippen molar-refractivity contribution in [3.63, 3.8) is 0 Å². The number of amides is 1. The molecule has 0 spiro atoms. The van der Waals surface area contributed by atoms with Crippen molar-refractivity contribution in [3.8, 4) is 6.07 Å². The van der Waals surface area contributed by atoms with Gasteiger partial charge in [-0.05, 0) is 19.3 Å². The summed E-state index contributed by atoms with van der Waals surface area (Å²) in [6.07, 6.45) is 1.52. The summed E-state index contributed by atoms with van der Waals surface area (Å²) in [5, 5.41) is 11.0. The van der Waals surface area contributed by atoms with Crippen LogP contribution in [-0.4, -0.2) is 5.91 Å². The highest BCUT2D eigenvalue weighted by atomic mass is 19.2. The first-order valence-corrected chi connectivity index (χ1v) is 5.36. The van der Waals surface area contributed by atoms with E-state index in [-0.39, 0.29) is 0 Å². The molecule has 18 heavy (non-hydrogen) atoms. The fourth-order valence-electron chi connectivity index (χ4n) is 1.78. The van der Waals surface area contributed by atoms with Crippen LogP contribution in [0.3, 0.4) is 0 Å². The van der Waals surface area contributed by atoms with E-state index in [2.05, 4.69) is 5.32 Å². The zero-order valence-electron chi connectivity index (χ0n) is 9.27. The molecule has 1 aliphatic carbocycles. The molecule has 0 aromatic heterocycles. The van der Waals surface area contributed by atoms with Gasteiger partial charge < -0.3 is 5.32 Å². The minimum Gasteiger partial charge on any atom is -0.322 e. The Bertz CT molecular complexity index is 547. The molecule has 0 radical (unpaired) electrons. The van der Waals surface area contributed by atoms with Gasteiger partial charge in [-0.25, -0.2) is 13.2 Å². The van der Waals surface area contributed by atoms with Crippen molar-refractivity contribution in [2.24, 2.45) is 5.41 Å². The van der Waals surface area contributed by atoms with Crippen LogP contribution in [0.1, 0.15) is 19.3 Å². The fraction of sp³-hybridized carbons (Fsp3) is 0.333. The summed E-state index contributed by atoms with van der Waals surface area (Å²) in [7, 11) is 0. The minimum atomic E-state index is -1.33. The zero-order chi connectivity index (χ0) is 13.3. The maximum Gasteiger partial charge on any atom is 0.244 e. The number of halogens is 3. The summed E-state index contributed by atoms with van der Waals surface area (Å²) >= 11 is 0. The molecule has 3 nitrogen and oxygen atoms in total. The Morgan fingerprint density at radius 2 is 1.83 bits per heavy atom. The van der Waals surface area contributed by atoms with Gasteiger partial charge in [-0.2, -0.15) is 5.26 Å². The smallest absolute Gasteiger partial charge is 0.244 e. The Hall–Kier alpha value is -2.03. The monoisotopic (exact) mass is 254 g/mol. The Morgan fingerprint density at radius 1 is 1.22 bits per heavy atom. The molecule has 1 aliphatic rings. The highest BCUT2D eigenvalue weighted by Crippen LogP contribution is 2.41. The average molecular weight is 254 g/mol. The topological polar surface area (TPSA) is 52.9 Å². The summed E-state index contributed by atoms with van der Waals surface area (Å²) in [4.78, 5) is 11.8. The van der Waals surface area contributed by atoms with E-state index in [0.29, 0.717) is 25.0 Å². The van der Waals surface area contributed by atoms with Crippen molar-refractivity contribution in [1.82, 2.24) is 0 Å². The van der Waals surface area contributed by atoms with E-state index in [1.165, 1.54) is 0 Å². The molecule has 1 aromatic carbocycles. The van der Waals surface area contributed by atoms with Gasteiger partial charge in [0.05, 0.1) is 11.8 Å². The quantitative estimate of drug-likeness (QED) is 0.825. The lowest BCUT2D eigenvalue weighted by Gasteiger charge is -2.33. The first kappa shape index (κ1) is 12.4. The van der Waals surface area contributed by atoms with Crippen LogP contribution in [0.15, 0.2) is 12.1 Å². The molecular formula is C12H9F3N2O. The summed E-state index contributed by atoms with van der Waals surface area (Å²) in [5.41, 5.74) is -1.63. The van der Waals surface area contributed by atoms with E-state index < -0.39 is 34.5 Å². The van der Waals surface area contributed by atoms with Gasteiger partial charge in [0, 0.05) is 12.1 Å². The fourth-order valence-corrected chi connectivity index (χ4v) is 1.78. The summed E-state index contributed by atoms with van der Waals surface area (Å²) < 4.78 is 38.9. The summed E-state index contributed by atoms with van der Waals surface area (Å²) in [6.45, 7) is 0. The van der Waals surface area contributed by atoms with Gasteiger partial charge in [0.1, 0.15) is 11.2 Å². The molecule has 1 N–H and O–H groups in total. The Labute approximate surface area is 101 Å². The SMILES string of the molecule is N#CC1(C(=O)Nc2cc(F)c(F)cc2F)CCC1. The number of rotatable bonds is 2. The highest BCUT2D eigenvalue weighted by molar-refractivity contribution is 5.97. The number of hydrogen-bond donors (Lipinski definition) is 1. The predicted octanol–water partition coefficient (Wildman–Crippen LogP) is 2.74. The molecule has 1 saturated carbocycles. The number of benzene rings is 1. The number of carbonyl (C=O) groups is 1. The summed E-state index contributed by atoms with van der Waals surface area (Å²) in [6, 6.07) is 2.79. The third-order valence-corrected chi connectivity index (χ3v) is 3.11. The van der Waals surface area contributed by atoms with Crippen LogP contribution in [0.2, 0.25) is 0 Å². The van der Waals surface area contributed by atoms with Crippen molar-refractivity contribution in [3.05, 3.63) is 29.6 Å². The molecule has 0 heterocycles. The van der Waals surface area contributed by atoms with Gasteiger partial charge in [0.25, 0.3) is 0 Å². The Kier molecular flexibility index (Phi) is 2.99. The molecule has 0 unspecified atom stereocenters. The van der Waals surface area contributed by atoms with Gasteiger partial charge in [-0.3, -0.25) is 4.79 Å². The van der Waals surface area contributed by atoms with Crippen molar-refractivity contribution in [1.29, 1.82) is 5.26 Å². The molecule has 1 amide bonds. The van der Waals surface area contributed by atoms with E-state index in [1.807, 2.05) is 6.07 Å². The van der Waals surface area contributed by atoms with Crippen molar-refractivity contribution in [2.45, 2.75) is 19.3 Å². The van der Waals surface area contributed by atoms with E-state index in [0.717, 1.165) is 6.42 Å². The van der Waals surface area contributed by atoms with Gasteiger partial charge in [0.2, 0.25) is 5.91 Å². The molecule has 0 atom stereocenters. The highest BCUT2D eigenvalue weighted by Gasteiger charge is 2.44. The van der Waals surface area contributed by atoms with Gasteiger partial charge in [0.15, 0.2) is 11.6 Å². The zero-order valence-corrected chi connectivity index (χ0v) is 9.27. The third-order valence-electron chi connectivity index (χ3n) is 3.11. The van der Waals surface area contributed by atoms with Gasteiger partial charge >= 0.3 is 0 Å². The number of nitrogens with zero attached hydrogens (tertiary/aromatic N) is 1. The second-order valence-electron chi connectivity index (χ2n) is 4.25. The normalized spacial score (nSPS) is 16.6. The molecule has 0 bridgehead atoms. The molecule has 94 valence electrons. The lowest BCUT2D eigenvalue weighted by atomic mass is 9.69. The molecule has 0 aliphatic heterocycles. The van der Waals surface area contributed by atoms with Crippen molar-refractivity contribution < 1.29 is 18.0 Å². The lowest BCUT2D eigenvalue weighted by Crippen LogP contribution is -2.40. The largest absolute Gasteiger partial charge is 0.322 e. The van der Waals surface area contributed by atoms with Crippen molar-refractivity contribution in [2.75, 3.05) is 5.32 Å². The molecule has 0 saturated heterocycles. The first-order valence-electron chi connectivity index (χ1n) is 5.36. The van der Waals surface area contributed by atoms with Crippen LogP contribution in [0, 0.1) is 34.2 Å². The van der Waals surface area contributed by atoms with Crippen LogP contribution < -0.4 is 5.32 Å². The number of carbonyl (C=O) groups excluding carboxylic acids is 1. The Balaban J connectivity index is 2.22. The molecule has 1 aromatic rings. The number of anilines is 1. The Morgan fingerprint density at radius 3 is 2.33 bits per heavy atom. The van der Waals surface area contributed by atoms with Gasteiger partial charge in [-0.15, -0.1) is 0 Å². The molecule has 2 rings (SSSR count).